The summed E-state index contributed by atoms with van der Waals surface area (Å²) >= 11 is 0. The van der Waals surface area contributed by atoms with E-state index in [1.807, 2.05) is 91.0 Å². The first-order valence-corrected chi connectivity index (χ1v) is 9.32. The minimum atomic E-state index is -0.876. The number of rotatable bonds is 6. The lowest BCUT2D eigenvalue weighted by molar-refractivity contribution is 0.268. The lowest BCUT2D eigenvalue weighted by Crippen LogP contribution is -2.44. The van der Waals surface area contributed by atoms with Gasteiger partial charge in [-0.2, -0.15) is 4.98 Å². The van der Waals surface area contributed by atoms with Crippen LogP contribution in [-0.4, -0.2) is 16.7 Å². The van der Waals surface area contributed by atoms with Crippen LogP contribution in [0.15, 0.2) is 108 Å². The molecule has 0 spiro atoms. The van der Waals surface area contributed by atoms with Gasteiger partial charge in [0.25, 0.3) is 0 Å². The Morgan fingerprint density at radius 2 is 1.21 bits per heavy atom. The van der Waals surface area contributed by atoms with Crippen LogP contribution >= 0.6 is 0 Å². The summed E-state index contributed by atoms with van der Waals surface area (Å²) in [7, 11) is 1.48. The zero-order valence-electron chi connectivity index (χ0n) is 16.0. The van der Waals surface area contributed by atoms with Crippen molar-refractivity contribution in [3.8, 4) is 0 Å². The highest BCUT2D eigenvalue weighted by atomic mass is 16.6. The van der Waals surface area contributed by atoms with Gasteiger partial charge in [-0.1, -0.05) is 91.0 Å². The smallest absolute Gasteiger partial charge is 0.281 e. The predicted octanol–water partition coefficient (Wildman–Crippen LogP) is 4.06. The van der Waals surface area contributed by atoms with E-state index in [1.165, 1.54) is 7.11 Å². The van der Waals surface area contributed by atoms with Gasteiger partial charge >= 0.3 is 5.69 Å². The molecule has 5 nitrogen and oxygen atoms in total. The number of nitrogens with one attached hydrogen (secondary N) is 1. The Morgan fingerprint density at radius 3 is 1.59 bits per heavy atom. The first-order valence-electron chi connectivity index (χ1n) is 9.32. The molecule has 1 N–H and O–H groups in total. The maximum Gasteiger partial charge on any atom is 0.350 e. The second-order valence-corrected chi connectivity index (χ2v) is 6.58. The Kier molecular flexibility index (Phi) is 5.22. The van der Waals surface area contributed by atoms with Gasteiger partial charge in [0.2, 0.25) is 0 Å². The van der Waals surface area contributed by atoms with E-state index in [2.05, 4.69) is 10.5 Å². The molecular formula is C24H21N3O2. The Hall–Kier alpha value is -3.70. The molecule has 144 valence electrons. The standard InChI is InChI=1S/C24H21N3O2/c1-29-26-22-17-18-27(23(28)25-22)24(19-11-5-2-6-12-19,20-13-7-3-8-14-20)21-15-9-4-10-16-21/h2-18H,1H3,(H,25,26,28). The number of hydrogen-bond donors (Lipinski definition) is 1. The summed E-state index contributed by atoms with van der Waals surface area (Å²) in [5, 5.41) is 0. The number of benzene rings is 3. The molecule has 0 aliphatic carbocycles. The van der Waals surface area contributed by atoms with Crippen molar-refractivity contribution in [1.29, 1.82) is 0 Å². The number of anilines is 1. The van der Waals surface area contributed by atoms with Gasteiger partial charge in [0.05, 0.1) is 7.11 Å². The summed E-state index contributed by atoms with van der Waals surface area (Å²) in [6.07, 6.45) is 1.75. The summed E-state index contributed by atoms with van der Waals surface area (Å²) in [4.78, 5) is 22.3. The minimum absolute atomic E-state index is 0.358. The van der Waals surface area contributed by atoms with Crippen molar-refractivity contribution >= 4 is 5.82 Å². The highest BCUT2D eigenvalue weighted by molar-refractivity contribution is 5.50. The van der Waals surface area contributed by atoms with Crippen molar-refractivity contribution in [2.24, 2.45) is 0 Å². The number of hydrogen-bond acceptors (Lipinski definition) is 4. The van der Waals surface area contributed by atoms with Gasteiger partial charge in [0.1, 0.15) is 5.54 Å². The maximum atomic E-state index is 13.2. The van der Waals surface area contributed by atoms with Crippen molar-refractivity contribution in [3.05, 3.63) is 130 Å². The molecule has 0 unspecified atom stereocenters. The molecule has 1 aromatic heterocycles. The normalized spacial score (nSPS) is 11.2. The Bertz CT molecular complexity index is 1030. The highest BCUT2D eigenvalue weighted by Gasteiger charge is 2.39. The van der Waals surface area contributed by atoms with E-state index in [1.54, 1.807) is 16.8 Å². The van der Waals surface area contributed by atoms with Crippen molar-refractivity contribution in [2.75, 3.05) is 12.6 Å². The van der Waals surface area contributed by atoms with Crippen LogP contribution in [0, 0.1) is 0 Å². The second-order valence-electron chi connectivity index (χ2n) is 6.58. The molecule has 29 heavy (non-hydrogen) atoms. The molecule has 4 aromatic rings. The Labute approximate surface area is 169 Å². The Morgan fingerprint density at radius 1 is 0.759 bits per heavy atom. The van der Waals surface area contributed by atoms with Crippen LogP contribution in [0.2, 0.25) is 0 Å². The minimum Gasteiger partial charge on any atom is -0.281 e. The van der Waals surface area contributed by atoms with Crippen molar-refractivity contribution < 1.29 is 4.84 Å². The molecule has 0 aliphatic heterocycles. The van der Waals surface area contributed by atoms with Crippen LogP contribution in [0.4, 0.5) is 5.82 Å². The zero-order valence-corrected chi connectivity index (χ0v) is 16.0. The van der Waals surface area contributed by atoms with Crippen LogP contribution in [0.1, 0.15) is 16.7 Å². The fourth-order valence-electron chi connectivity index (χ4n) is 3.78. The van der Waals surface area contributed by atoms with Crippen LogP contribution in [0.3, 0.4) is 0 Å². The van der Waals surface area contributed by atoms with Crippen molar-refractivity contribution in [3.63, 3.8) is 0 Å². The number of aromatic nitrogens is 2. The number of nitrogens with zero attached hydrogens (tertiary/aromatic N) is 2. The molecule has 1 heterocycles. The van der Waals surface area contributed by atoms with E-state index < -0.39 is 5.54 Å². The highest BCUT2D eigenvalue weighted by Crippen LogP contribution is 2.39. The predicted molar refractivity (Wildman–Crippen MR) is 114 cm³/mol. The van der Waals surface area contributed by atoms with Gasteiger partial charge in [-0.25, -0.2) is 10.3 Å². The third-order valence-electron chi connectivity index (χ3n) is 4.95. The lowest BCUT2D eigenvalue weighted by Gasteiger charge is -2.37. The van der Waals surface area contributed by atoms with Gasteiger partial charge in [0, 0.05) is 6.20 Å². The molecule has 0 saturated heterocycles. The quantitative estimate of drug-likeness (QED) is 0.403. The molecule has 0 atom stereocenters. The molecule has 0 radical (unpaired) electrons. The van der Waals surface area contributed by atoms with Gasteiger partial charge in [-0.15, -0.1) is 0 Å². The van der Waals surface area contributed by atoms with Gasteiger partial charge in [0.15, 0.2) is 5.82 Å². The summed E-state index contributed by atoms with van der Waals surface area (Å²) in [6.45, 7) is 0. The molecule has 0 fully saturated rings. The molecule has 0 saturated carbocycles. The largest absolute Gasteiger partial charge is 0.350 e. The third-order valence-corrected chi connectivity index (χ3v) is 4.95. The molecule has 4 rings (SSSR count). The fourth-order valence-corrected chi connectivity index (χ4v) is 3.78. The van der Waals surface area contributed by atoms with E-state index in [-0.39, 0.29) is 5.69 Å². The summed E-state index contributed by atoms with van der Waals surface area (Å²) < 4.78 is 1.67. The summed E-state index contributed by atoms with van der Waals surface area (Å²) in [6, 6.07) is 31.7. The van der Waals surface area contributed by atoms with Crippen LogP contribution in [0.5, 0.6) is 0 Å². The van der Waals surface area contributed by atoms with Crippen LogP contribution in [-0.2, 0) is 10.4 Å². The SMILES string of the molecule is CONc1ccn(C(c2ccccc2)(c2ccccc2)c2ccccc2)c(=O)n1. The van der Waals surface area contributed by atoms with Crippen LogP contribution in [0.25, 0.3) is 0 Å². The van der Waals surface area contributed by atoms with E-state index >= 15 is 0 Å². The maximum absolute atomic E-state index is 13.2. The average Bonchev–Trinajstić information content (AvgIpc) is 2.78. The lowest BCUT2D eigenvalue weighted by atomic mass is 9.76. The van der Waals surface area contributed by atoms with E-state index in [4.69, 9.17) is 4.84 Å². The van der Waals surface area contributed by atoms with Gasteiger partial charge in [-0.05, 0) is 22.8 Å². The Balaban J connectivity index is 2.11. The topological polar surface area (TPSA) is 56.1 Å². The molecule has 0 aliphatic rings. The van der Waals surface area contributed by atoms with Gasteiger partial charge in [-0.3, -0.25) is 9.40 Å². The van der Waals surface area contributed by atoms with Gasteiger partial charge < -0.3 is 0 Å². The third kappa shape index (κ3) is 3.32. The zero-order chi connectivity index (χ0) is 20.1. The summed E-state index contributed by atoms with van der Waals surface area (Å²) in [5.41, 5.74) is 4.26. The first-order chi connectivity index (χ1) is 14.3. The van der Waals surface area contributed by atoms with E-state index in [9.17, 15) is 4.79 Å². The first kappa shape index (κ1) is 18.7. The average molecular weight is 383 g/mol. The summed E-state index contributed by atoms with van der Waals surface area (Å²) in [5.74, 6) is 0.358. The van der Waals surface area contributed by atoms with Crippen LogP contribution < -0.4 is 11.2 Å². The monoisotopic (exact) mass is 383 g/mol. The molecule has 0 amide bonds. The second kappa shape index (κ2) is 8.12. The van der Waals surface area contributed by atoms with Crippen molar-refractivity contribution in [1.82, 2.24) is 9.55 Å². The molecule has 5 heteroatoms. The molecule has 0 bridgehead atoms. The van der Waals surface area contributed by atoms with Crippen molar-refractivity contribution in [2.45, 2.75) is 5.54 Å². The fraction of sp³-hybridized carbons (Fsp3) is 0.0833. The van der Waals surface area contributed by atoms with E-state index in [0.717, 1.165) is 16.7 Å². The van der Waals surface area contributed by atoms with E-state index in [0.29, 0.717) is 5.82 Å². The molecule has 3 aromatic carbocycles. The molecular weight excluding hydrogens is 362 g/mol.